The largest absolute Gasteiger partial charge is 0.495 e. The summed E-state index contributed by atoms with van der Waals surface area (Å²) >= 11 is 0. The lowest BCUT2D eigenvalue weighted by molar-refractivity contribution is -0.920. The maximum Gasteiger partial charge on any atom is 0.309 e. The van der Waals surface area contributed by atoms with Crippen LogP contribution in [0.15, 0.2) is 24.3 Å². The van der Waals surface area contributed by atoms with Gasteiger partial charge in [0, 0.05) is 12.8 Å². The highest BCUT2D eigenvalue weighted by molar-refractivity contribution is 6.22. The molecule has 1 aromatic carbocycles. The minimum absolute atomic E-state index is 0.105. The Morgan fingerprint density at radius 2 is 1.84 bits per heavy atom. The van der Waals surface area contributed by atoms with E-state index in [9.17, 15) is 14.4 Å². The number of anilines is 1. The summed E-state index contributed by atoms with van der Waals surface area (Å²) in [6.07, 6.45) is 1.54. The van der Waals surface area contributed by atoms with Gasteiger partial charge in [-0.1, -0.05) is 12.1 Å². The summed E-state index contributed by atoms with van der Waals surface area (Å²) in [6, 6.07) is 6.64. The molecule has 2 saturated heterocycles. The van der Waals surface area contributed by atoms with Crippen LogP contribution in [0, 0.1) is 5.92 Å². The third-order valence-corrected chi connectivity index (χ3v) is 5.13. The van der Waals surface area contributed by atoms with E-state index in [2.05, 4.69) is 0 Å². The minimum atomic E-state index is -0.393. The second-order valence-electron chi connectivity index (χ2n) is 6.45. The molecule has 0 radical (unpaired) electrons. The van der Waals surface area contributed by atoms with Gasteiger partial charge in [-0.2, -0.15) is 0 Å². The van der Waals surface area contributed by atoms with E-state index in [1.807, 2.05) is 0 Å². The maximum atomic E-state index is 12.9. The lowest BCUT2D eigenvalue weighted by atomic mass is 9.95. The monoisotopic (exact) mass is 347 g/mol. The first-order valence-electron chi connectivity index (χ1n) is 8.49. The second kappa shape index (κ2) is 7.23. The number of para-hydroxylation sites is 2. The number of nitrogens with zero attached hydrogens (tertiary/aromatic N) is 1. The van der Waals surface area contributed by atoms with Gasteiger partial charge in [0.25, 0.3) is 5.91 Å². The molecule has 2 aliphatic rings. The average molecular weight is 347 g/mol. The van der Waals surface area contributed by atoms with Gasteiger partial charge < -0.3 is 14.4 Å². The van der Waals surface area contributed by atoms with Crippen molar-refractivity contribution in [3.8, 4) is 5.75 Å². The smallest absolute Gasteiger partial charge is 0.309 e. The Hall–Kier alpha value is -2.41. The molecule has 2 amide bonds. The van der Waals surface area contributed by atoms with E-state index in [4.69, 9.17) is 9.47 Å². The Kier molecular flexibility index (Phi) is 5.03. The fraction of sp³-hybridized carbons (Fsp3) is 0.500. The number of methoxy groups -OCH3 is 2. The fourth-order valence-corrected chi connectivity index (χ4v) is 3.76. The fourth-order valence-electron chi connectivity index (χ4n) is 3.76. The van der Waals surface area contributed by atoms with Crippen molar-refractivity contribution in [1.29, 1.82) is 0 Å². The predicted molar refractivity (Wildman–Crippen MR) is 89.3 cm³/mol. The first-order valence-corrected chi connectivity index (χ1v) is 8.49. The van der Waals surface area contributed by atoms with Gasteiger partial charge in [0.05, 0.1) is 45.3 Å². The highest BCUT2D eigenvalue weighted by Crippen LogP contribution is 2.31. The predicted octanol–water partition coefficient (Wildman–Crippen LogP) is -0.205. The van der Waals surface area contributed by atoms with Crippen molar-refractivity contribution in [1.82, 2.24) is 0 Å². The molecule has 2 fully saturated rings. The second-order valence-corrected chi connectivity index (χ2v) is 6.45. The molecule has 2 heterocycles. The van der Waals surface area contributed by atoms with Crippen LogP contribution < -0.4 is 14.5 Å². The van der Waals surface area contributed by atoms with Gasteiger partial charge in [-0.15, -0.1) is 0 Å². The quantitative estimate of drug-likeness (QED) is 0.603. The van der Waals surface area contributed by atoms with Crippen LogP contribution in [-0.2, 0) is 19.1 Å². The molecule has 0 aliphatic carbocycles. The average Bonchev–Trinajstić information content (AvgIpc) is 2.95. The van der Waals surface area contributed by atoms with Crippen molar-refractivity contribution in [2.75, 3.05) is 32.2 Å². The van der Waals surface area contributed by atoms with E-state index >= 15 is 0 Å². The van der Waals surface area contributed by atoms with E-state index in [0.29, 0.717) is 37.4 Å². The van der Waals surface area contributed by atoms with E-state index in [0.717, 1.165) is 4.90 Å². The molecule has 0 aromatic heterocycles. The molecule has 1 atom stereocenters. The van der Waals surface area contributed by atoms with E-state index in [-0.39, 0.29) is 30.1 Å². The zero-order valence-corrected chi connectivity index (χ0v) is 14.5. The van der Waals surface area contributed by atoms with Crippen LogP contribution >= 0.6 is 0 Å². The number of hydrogen-bond donors (Lipinski definition) is 1. The van der Waals surface area contributed by atoms with Gasteiger partial charge in [-0.3, -0.25) is 14.4 Å². The number of imide groups is 1. The summed E-state index contributed by atoms with van der Waals surface area (Å²) in [6.45, 7) is 1.37. The first-order chi connectivity index (χ1) is 12.1. The van der Waals surface area contributed by atoms with Crippen LogP contribution in [0.1, 0.15) is 19.3 Å². The number of benzene rings is 1. The molecule has 1 N–H and O–H groups in total. The van der Waals surface area contributed by atoms with Gasteiger partial charge in [0.15, 0.2) is 6.04 Å². The highest BCUT2D eigenvalue weighted by atomic mass is 16.5. The topological polar surface area (TPSA) is 77.3 Å². The van der Waals surface area contributed by atoms with Crippen molar-refractivity contribution in [3.05, 3.63) is 24.3 Å². The normalized spacial score (nSPS) is 26.6. The number of carbonyl (C=O) groups is 3. The van der Waals surface area contributed by atoms with Crippen LogP contribution in [-0.4, -0.2) is 51.1 Å². The van der Waals surface area contributed by atoms with Crippen LogP contribution in [0.5, 0.6) is 5.75 Å². The van der Waals surface area contributed by atoms with Gasteiger partial charge in [-0.25, -0.2) is 4.90 Å². The van der Waals surface area contributed by atoms with Crippen molar-refractivity contribution in [2.24, 2.45) is 5.92 Å². The number of amides is 2. The van der Waals surface area contributed by atoms with Gasteiger partial charge in [0.1, 0.15) is 5.75 Å². The molecule has 1 aromatic rings. The summed E-state index contributed by atoms with van der Waals surface area (Å²) in [5.41, 5.74) is 0.492. The SMILES string of the molecule is COC(=O)C1CC[NH+]([C@@H]2CC(=O)N(c3ccccc3OC)C2=O)CC1. The lowest BCUT2D eigenvalue weighted by Gasteiger charge is -2.30. The third-order valence-electron chi connectivity index (χ3n) is 5.13. The molecule has 134 valence electrons. The summed E-state index contributed by atoms with van der Waals surface area (Å²) in [7, 11) is 2.91. The minimum Gasteiger partial charge on any atom is -0.495 e. The van der Waals surface area contributed by atoms with Gasteiger partial charge in [-0.05, 0) is 12.1 Å². The maximum absolute atomic E-state index is 12.9. The number of likely N-dealkylation sites (tertiary alicyclic amines) is 1. The zero-order valence-electron chi connectivity index (χ0n) is 14.5. The number of hydrogen-bond acceptors (Lipinski definition) is 5. The Morgan fingerprint density at radius 3 is 2.48 bits per heavy atom. The molecule has 25 heavy (non-hydrogen) atoms. The molecule has 2 aliphatic heterocycles. The highest BCUT2D eigenvalue weighted by Gasteiger charge is 2.47. The lowest BCUT2D eigenvalue weighted by Crippen LogP contribution is -3.17. The number of ether oxygens (including phenoxy) is 2. The van der Waals surface area contributed by atoms with Crippen LogP contribution in [0.3, 0.4) is 0 Å². The standard InChI is InChI=1S/C18H22N2O5/c1-24-15-6-4-3-5-13(15)20-16(21)11-14(17(20)22)19-9-7-12(8-10-19)18(23)25-2/h3-6,12,14H,7-11H2,1-2H3/p+1/t14-/m1/s1. The molecule has 0 bridgehead atoms. The number of piperidine rings is 1. The molecule has 0 spiro atoms. The van der Waals surface area contributed by atoms with Crippen LogP contribution in [0.25, 0.3) is 0 Å². The van der Waals surface area contributed by atoms with Gasteiger partial charge in [0.2, 0.25) is 5.91 Å². The van der Waals surface area contributed by atoms with Gasteiger partial charge >= 0.3 is 5.97 Å². The number of carbonyl (C=O) groups excluding carboxylic acids is 3. The molecule has 7 heteroatoms. The Bertz CT molecular complexity index is 682. The van der Waals surface area contributed by atoms with E-state index in [1.165, 1.54) is 19.1 Å². The first kappa shape index (κ1) is 17.4. The van der Waals surface area contributed by atoms with Crippen molar-refractivity contribution in [3.63, 3.8) is 0 Å². The Morgan fingerprint density at radius 1 is 1.16 bits per heavy atom. The third kappa shape index (κ3) is 3.24. The number of esters is 1. The Labute approximate surface area is 146 Å². The molecule has 3 rings (SSSR count). The summed E-state index contributed by atoms with van der Waals surface area (Å²) in [4.78, 5) is 39.3. The molecular weight excluding hydrogens is 324 g/mol. The molecule has 7 nitrogen and oxygen atoms in total. The van der Waals surface area contributed by atoms with Crippen LogP contribution in [0.2, 0.25) is 0 Å². The van der Waals surface area contributed by atoms with Crippen LogP contribution in [0.4, 0.5) is 5.69 Å². The van der Waals surface area contributed by atoms with Crippen molar-refractivity contribution in [2.45, 2.75) is 25.3 Å². The molecular formula is C18H23N2O5+. The Balaban J connectivity index is 1.73. The number of nitrogens with one attached hydrogen (secondary N) is 1. The number of quaternary nitrogens is 1. The number of rotatable bonds is 4. The molecule has 0 saturated carbocycles. The molecule has 0 unspecified atom stereocenters. The summed E-state index contributed by atoms with van der Waals surface area (Å²) in [5.74, 6) is -0.192. The summed E-state index contributed by atoms with van der Waals surface area (Å²) in [5, 5.41) is 0. The summed E-state index contributed by atoms with van der Waals surface area (Å²) < 4.78 is 10.1. The van der Waals surface area contributed by atoms with Crippen molar-refractivity contribution < 1.29 is 28.8 Å². The van der Waals surface area contributed by atoms with E-state index < -0.39 is 6.04 Å². The van der Waals surface area contributed by atoms with Crippen molar-refractivity contribution >= 4 is 23.5 Å². The van der Waals surface area contributed by atoms with E-state index in [1.54, 1.807) is 24.3 Å². The zero-order chi connectivity index (χ0) is 18.0.